The van der Waals surface area contributed by atoms with Crippen molar-refractivity contribution in [2.75, 3.05) is 45.2 Å². The first-order valence-electron chi connectivity index (χ1n) is 11.4. The molecular formula is C24H31N5O2. The second-order valence-corrected chi connectivity index (χ2v) is 8.63. The average Bonchev–Trinajstić information content (AvgIpc) is 3.10. The van der Waals surface area contributed by atoms with Crippen LogP contribution in [0, 0.1) is 5.92 Å². The molecule has 1 aromatic carbocycles. The van der Waals surface area contributed by atoms with Gasteiger partial charge in [0.25, 0.3) is 0 Å². The standard InChI is InChI=1S/C24H31N5O2/c1-2-30-9-10-31-20-6-3-5-18(13-20)21-15-29(24-22(21)23(25)26-16-27-24)19-11-17(12-19)14-28-7-4-8-28/h3,5-6,13,15-17,19H,2,4,7-12,14H2,1H3,(H2,25,26,27). The Morgan fingerprint density at radius 1 is 1.16 bits per heavy atom. The normalized spacial score (nSPS) is 21.1. The Morgan fingerprint density at radius 2 is 2.03 bits per heavy atom. The van der Waals surface area contributed by atoms with Crippen LogP contribution in [0.1, 0.15) is 32.2 Å². The molecule has 164 valence electrons. The zero-order valence-corrected chi connectivity index (χ0v) is 18.2. The number of nitrogens with zero attached hydrogens (tertiary/aromatic N) is 4. The van der Waals surface area contributed by atoms with E-state index in [9.17, 15) is 0 Å². The quantitative estimate of drug-likeness (QED) is 0.530. The Labute approximate surface area is 183 Å². The molecule has 0 spiro atoms. The van der Waals surface area contributed by atoms with Crippen LogP contribution in [0.15, 0.2) is 36.8 Å². The number of nitrogen functional groups attached to an aromatic ring is 1. The monoisotopic (exact) mass is 421 g/mol. The number of aromatic nitrogens is 3. The van der Waals surface area contributed by atoms with Gasteiger partial charge in [0, 0.05) is 31.0 Å². The summed E-state index contributed by atoms with van der Waals surface area (Å²) in [6.45, 7) is 7.57. The Bertz CT molecular complexity index is 1040. The minimum absolute atomic E-state index is 0.474. The van der Waals surface area contributed by atoms with Crippen molar-refractivity contribution in [3.05, 3.63) is 36.8 Å². The molecule has 1 aliphatic heterocycles. The first-order valence-corrected chi connectivity index (χ1v) is 11.4. The van der Waals surface area contributed by atoms with Gasteiger partial charge in [-0.05, 0) is 62.9 Å². The fourth-order valence-electron chi connectivity index (χ4n) is 4.73. The maximum atomic E-state index is 6.32. The predicted molar refractivity (Wildman–Crippen MR) is 122 cm³/mol. The highest BCUT2D eigenvalue weighted by atomic mass is 16.5. The van der Waals surface area contributed by atoms with Gasteiger partial charge in [-0.2, -0.15) is 0 Å². The van der Waals surface area contributed by atoms with E-state index in [2.05, 4.69) is 37.8 Å². The lowest BCUT2D eigenvalue weighted by atomic mass is 9.79. The van der Waals surface area contributed by atoms with E-state index in [0.29, 0.717) is 31.7 Å². The maximum absolute atomic E-state index is 6.32. The van der Waals surface area contributed by atoms with Crippen molar-refractivity contribution >= 4 is 16.9 Å². The third-order valence-electron chi connectivity index (χ3n) is 6.55. The van der Waals surface area contributed by atoms with Crippen LogP contribution in [0.4, 0.5) is 5.82 Å². The molecule has 7 heteroatoms. The lowest BCUT2D eigenvalue weighted by molar-refractivity contribution is 0.0921. The molecule has 2 aliphatic rings. The predicted octanol–water partition coefficient (Wildman–Crippen LogP) is 3.75. The molecule has 1 aliphatic carbocycles. The number of likely N-dealkylation sites (tertiary alicyclic amines) is 1. The molecular weight excluding hydrogens is 390 g/mol. The molecule has 5 rings (SSSR count). The molecule has 0 unspecified atom stereocenters. The smallest absolute Gasteiger partial charge is 0.146 e. The first-order chi connectivity index (χ1) is 15.2. The Balaban J connectivity index is 1.39. The van der Waals surface area contributed by atoms with Crippen LogP contribution < -0.4 is 10.5 Å². The minimum atomic E-state index is 0.474. The number of rotatable bonds is 9. The summed E-state index contributed by atoms with van der Waals surface area (Å²) in [5.41, 5.74) is 9.38. The van der Waals surface area contributed by atoms with Gasteiger partial charge in [-0.1, -0.05) is 12.1 Å². The van der Waals surface area contributed by atoms with E-state index in [0.717, 1.165) is 33.8 Å². The summed E-state index contributed by atoms with van der Waals surface area (Å²) in [6, 6.07) is 8.61. The lowest BCUT2D eigenvalue weighted by Crippen LogP contribution is -2.43. The van der Waals surface area contributed by atoms with Crippen LogP contribution in [-0.4, -0.2) is 58.9 Å². The summed E-state index contributed by atoms with van der Waals surface area (Å²) in [4.78, 5) is 11.5. The van der Waals surface area contributed by atoms with E-state index in [1.165, 1.54) is 38.9 Å². The van der Waals surface area contributed by atoms with E-state index in [4.69, 9.17) is 15.2 Å². The Morgan fingerprint density at radius 3 is 2.81 bits per heavy atom. The SMILES string of the molecule is CCOCCOc1cccc(-c2cn(C3CC(CN4CCC4)C3)c3ncnc(N)c23)c1. The van der Waals surface area contributed by atoms with Crippen LogP contribution >= 0.6 is 0 Å². The number of hydrogen-bond donors (Lipinski definition) is 1. The highest BCUT2D eigenvalue weighted by Crippen LogP contribution is 2.43. The largest absolute Gasteiger partial charge is 0.491 e. The zero-order chi connectivity index (χ0) is 21.2. The molecule has 3 heterocycles. The fourth-order valence-corrected chi connectivity index (χ4v) is 4.73. The van der Waals surface area contributed by atoms with Crippen molar-refractivity contribution in [2.45, 2.75) is 32.2 Å². The van der Waals surface area contributed by atoms with Gasteiger partial charge in [0.15, 0.2) is 0 Å². The van der Waals surface area contributed by atoms with Gasteiger partial charge in [0.05, 0.1) is 12.0 Å². The Kier molecular flexibility index (Phi) is 5.78. The number of ether oxygens (including phenoxy) is 2. The van der Waals surface area contributed by atoms with Crippen molar-refractivity contribution in [1.82, 2.24) is 19.4 Å². The first kappa shape index (κ1) is 20.3. The van der Waals surface area contributed by atoms with Crippen LogP contribution in [0.2, 0.25) is 0 Å². The van der Waals surface area contributed by atoms with Gasteiger partial charge in [0.2, 0.25) is 0 Å². The van der Waals surface area contributed by atoms with E-state index >= 15 is 0 Å². The van der Waals surface area contributed by atoms with E-state index in [-0.39, 0.29) is 0 Å². The molecule has 0 bridgehead atoms. The molecule has 0 atom stereocenters. The van der Waals surface area contributed by atoms with Crippen LogP contribution in [0.5, 0.6) is 5.75 Å². The third kappa shape index (κ3) is 4.12. The summed E-state index contributed by atoms with van der Waals surface area (Å²) in [5.74, 6) is 2.14. The van der Waals surface area contributed by atoms with Gasteiger partial charge in [-0.15, -0.1) is 0 Å². The summed E-state index contributed by atoms with van der Waals surface area (Å²) in [5, 5.41) is 0.931. The average molecular weight is 422 g/mol. The van der Waals surface area contributed by atoms with Crippen molar-refractivity contribution in [3.8, 4) is 16.9 Å². The van der Waals surface area contributed by atoms with E-state index < -0.39 is 0 Å². The lowest BCUT2D eigenvalue weighted by Gasteiger charge is -2.42. The molecule has 0 radical (unpaired) electrons. The van der Waals surface area contributed by atoms with Crippen molar-refractivity contribution in [1.29, 1.82) is 0 Å². The number of hydrogen-bond acceptors (Lipinski definition) is 6. The maximum Gasteiger partial charge on any atom is 0.146 e. The molecule has 2 aromatic heterocycles. The van der Waals surface area contributed by atoms with Crippen LogP contribution in [0.3, 0.4) is 0 Å². The van der Waals surface area contributed by atoms with Gasteiger partial charge >= 0.3 is 0 Å². The second-order valence-electron chi connectivity index (χ2n) is 8.63. The molecule has 1 saturated carbocycles. The summed E-state index contributed by atoms with van der Waals surface area (Å²) in [7, 11) is 0. The van der Waals surface area contributed by atoms with Crippen molar-refractivity contribution < 1.29 is 9.47 Å². The van der Waals surface area contributed by atoms with E-state index in [1.54, 1.807) is 6.33 Å². The number of anilines is 1. The van der Waals surface area contributed by atoms with Gasteiger partial charge in [-0.25, -0.2) is 9.97 Å². The summed E-state index contributed by atoms with van der Waals surface area (Å²) >= 11 is 0. The molecule has 3 aromatic rings. The van der Waals surface area contributed by atoms with Crippen molar-refractivity contribution in [3.63, 3.8) is 0 Å². The molecule has 1 saturated heterocycles. The number of fused-ring (bicyclic) bond motifs is 1. The van der Waals surface area contributed by atoms with Gasteiger partial charge < -0.3 is 24.7 Å². The Hall–Kier alpha value is -2.64. The zero-order valence-electron chi connectivity index (χ0n) is 18.2. The number of nitrogens with two attached hydrogens (primary N) is 1. The minimum Gasteiger partial charge on any atom is -0.491 e. The molecule has 31 heavy (non-hydrogen) atoms. The third-order valence-corrected chi connectivity index (χ3v) is 6.55. The summed E-state index contributed by atoms with van der Waals surface area (Å²) < 4.78 is 13.6. The van der Waals surface area contributed by atoms with E-state index in [1.807, 2.05) is 19.1 Å². The molecule has 2 N–H and O–H groups in total. The molecule has 2 fully saturated rings. The van der Waals surface area contributed by atoms with Gasteiger partial charge in [0.1, 0.15) is 30.1 Å². The highest BCUT2D eigenvalue weighted by Gasteiger charge is 2.34. The molecule has 7 nitrogen and oxygen atoms in total. The fraction of sp³-hybridized carbons (Fsp3) is 0.500. The van der Waals surface area contributed by atoms with Crippen LogP contribution in [-0.2, 0) is 4.74 Å². The van der Waals surface area contributed by atoms with Gasteiger partial charge in [-0.3, -0.25) is 0 Å². The second kappa shape index (κ2) is 8.85. The van der Waals surface area contributed by atoms with Crippen LogP contribution in [0.25, 0.3) is 22.2 Å². The molecule has 0 amide bonds. The van der Waals surface area contributed by atoms with Crippen molar-refractivity contribution in [2.24, 2.45) is 5.92 Å². The number of benzene rings is 1. The summed E-state index contributed by atoms with van der Waals surface area (Å²) in [6.07, 6.45) is 7.53. The highest BCUT2D eigenvalue weighted by molar-refractivity contribution is 6.00. The topological polar surface area (TPSA) is 78.4 Å².